The summed E-state index contributed by atoms with van der Waals surface area (Å²) in [6.45, 7) is 6.20. The highest BCUT2D eigenvalue weighted by molar-refractivity contribution is 5.82. The van der Waals surface area contributed by atoms with E-state index in [2.05, 4.69) is 22.9 Å². The van der Waals surface area contributed by atoms with Gasteiger partial charge in [-0.05, 0) is 30.2 Å². The van der Waals surface area contributed by atoms with Gasteiger partial charge in [0.05, 0.1) is 5.69 Å². The van der Waals surface area contributed by atoms with Crippen LogP contribution in [-0.4, -0.2) is 53.0 Å². The monoisotopic (exact) mass is 337 g/mol. The summed E-state index contributed by atoms with van der Waals surface area (Å²) in [6.07, 6.45) is 2.17. The Morgan fingerprint density at radius 1 is 1.16 bits per heavy atom. The van der Waals surface area contributed by atoms with E-state index in [1.165, 1.54) is 5.56 Å². The predicted molar refractivity (Wildman–Crippen MR) is 95.4 cm³/mol. The lowest BCUT2D eigenvalue weighted by Crippen LogP contribution is -2.52. The number of hydrogen-bond donors (Lipinski definition) is 0. The van der Waals surface area contributed by atoms with Crippen molar-refractivity contribution in [2.45, 2.75) is 26.0 Å². The summed E-state index contributed by atoms with van der Waals surface area (Å²) >= 11 is 0. The lowest BCUT2D eigenvalue weighted by atomic mass is 10.1. The van der Waals surface area contributed by atoms with E-state index in [-0.39, 0.29) is 12.0 Å². The van der Waals surface area contributed by atoms with Gasteiger partial charge in [-0.15, -0.1) is 0 Å². The van der Waals surface area contributed by atoms with Gasteiger partial charge in [-0.25, -0.2) is 0 Å². The average Bonchev–Trinajstić information content (AvgIpc) is 3.08. The molecule has 1 fully saturated rings. The van der Waals surface area contributed by atoms with Crippen LogP contribution in [0.1, 0.15) is 16.8 Å². The van der Waals surface area contributed by atoms with Crippen LogP contribution in [0, 0.1) is 6.92 Å². The third-order valence-corrected chi connectivity index (χ3v) is 5.10. The number of aromatic nitrogens is 1. The van der Waals surface area contributed by atoms with Crippen LogP contribution in [0.2, 0.25) is 0 Å². The maximum Gasteiger partial charge on any atom is 0.264 e. The Hall–Kier alpha value is -2.40. The number of fused-ring (bicyclic) bond motifs is 1. The van der Waals surface area contributed by atoms with Gasteiger partial charge in [0.1, 0.15) is 5.75 Å². The number of nitrogens with zero attached hydrogens (tertiary/aromatic N) is 3. The fourth-order valence-electron chi connectivity index (χ4n) is 3.55. The molecule has 0 aliphatic carbocycles. The van der Waals surface area contributed by atoms with Crippen molar-refractivity contribution < 1.29 is 9.53 Å². The molecule has 0 spiro atoms. The Morgan fingerprint density at radius 3 is 2.72 bits per heavy atom. The second-order valence-corrected chi connectivity index (χ2v) is 6.79. The van der Waals surface area contributed by atoms with Crippen molar-refractivity contribution in [2.24, 2.45) is 0 Å². The predicted octanol–water partition coefficient (Wildman–Crippen LogP) is 2.04. The maximum absolute atomic E-state index is 12.8. The molecule has 0 saturated carbocycles. The summed E-state index contributed by atoms with van der Waals surface area (Å²) in [4.78, 5) is 21.5. The van der Waals surface area contributed by atoms with Gasteiger partial charge < -0.3 is 9.64 Å². The summed E-state index contributed by atoms with van der Waals surface area (Å²) in [7, 11) is 0. The summed E-state index contributed by atoms with van der Waals surface area (Å²) in [5, 5.41) is 0. The van der Waals surface area contributed by atoms with Gasteiger partial charge in [-0.3, -0.25) is 14.7 Å². The van der Waals surface area contributed by atoms with E-state index in [0.29, 0.717) is 6.42 Å². The molecule has 2 aliphatic rings. The van der Waals surface area contributed by atoms with Crippen molar-refractivity contribution >= 4 is 5.91 Å². The zero-order chi connectivity index (χ0) is 17.2. The Kier molecular flexibility index (Phi) is 4.40. The number of benzene rings is 1. The maximum atomic E-state index is 12.8. The average molecular weight is 337 g/mol. The molecule has 1 aromatic heterocycles. The largest absolute Gasteiger partial charge is 0.480 e. The van der Waals surface area contributed by atoms with E-state index in [1.54, 1.807) is 0 Å². The highest BCUT2D eigenvalue weighted by atomic mass is 16.5. The van der Waals surface area contributed by atoms with Gasteiger partial charge in [0.25, 0.3) is 5.91 Å². The molecule has 1 amide bonds. The van der Waals surface area contributed by atoms with Gasteiger partial charge >= 0.3 is 0 Å². The number of piperazine rings is 1. The van der Waals surface area contributed by atoms with E-state index >= 15 is 0 Å². The summed E-state index contributed by atoms with van der Waals surface area (Å²) in [5.74, 6) is 0.968. The number of rotatable bonds is 3. The van der Waals surface area contributed by atoms with Crippen LogP contribution < -0.4 is 4.74 Å². The van der Waals surface area contributed by atoms with Crippen LogP contribution in [0.15, 0.2) is 42.6 Å². The normalized spacial score (nSPS) is 20.2. The third-order valence-electron chi connectivity index (χ3n) is 5.10. The van der Waals surface area contributed by atoms with Crippen LogP contribution in [0.5, 0.6) is 5.75 Å². The number of hydrogen-bond acceptors (Lipinski definition) is 4. The van der Waals surface area contributed by atoms with Gasteiger partial charge in [0.15, 0.2) is 6.10 Å². The molecule has 25 heavy (non-hydrogen) atoms. The minimum Gasteiger partial charge on any atom is -0.480 e. The van der Waals surface area contributed by atoms with Crippen LogP contribution >= 0.6 is 0 Å². The van der Waals surface area contributed by atoms with E-state index < -0.39 is 0 Å². The Bertz CT molecular complexity index is 744. The van der Waals surface area contributed by atoms with Crippen molar-refractivity contribution in [3.8, 4) is 5.75 Å². The van der Waals surface area contributed by atoms with Crippen molar-refractivity contribution in [2.75, 3.05) is 26.2 Å². The van der Waals surface area contributed by atoms with Crippen molar-refractivity contribution in [3.63, 3.8) is 0 Å². The lowest BCUT2D eigenvalue weighted by Gasteiger charge is -2.35. The third kappa shape index (κ3) is 3.37. The number of amides is 1. The molecule has 1 saturated heterocycles. The number of aryl methyl sites for hydroxylation is 1. The SMILES string of the molecule is Cc1cccnc1CN1CCN(C(=O)[C@H]2Cc3ccccc3O2)CC1. The van der Waals surface area contributed by atoms with Crippen LogP contribution in [0.25, 0.3) is 0 Å². The molecule has 5 heteroatoms. The molecule has 0 radical (unpaired) electrons. The summed E-state index contributed by atoms with van der Waals surface area (Å²) in [6, 6.07) is 12.0. The van der Waals surface area contributed by atoms with Gasteiger partial charge in [0.2, 0.25) is 0 Å². The van der Waals surface area contributed by atoms with E-state index in [1.807, 2.05) is 41.4 Å². The second kappa shape index (κ2) is 6.84. The zero-order valence-corrected chi connectivity index (χ0v) is 14.5. The van der Waals surface area contributed by atoms with Crippen LogP contribution in [-0.2, 0) is 17.8 Å². The molecule has 5 nitrogen and oxygen atoms in total. The van der Waals surface area contributed by atoms with E-state index in [9.17, 15) is 4.79 Å². The molecule has 0 unspecified atom stereocenters. The number of pyridine rings is 1. The molecular weight excluding hydrogens is 314 g/mol. The van der Waals surface area contributed by atoms with Crippen molar-refractivity contribution in [1.82, 2.24) is 14.8 Å². The molecule has 1 atom stereocenters. The number of carbonyl (C=O) groups is 1. The summed E-state index contributed by atoms with van der Waals surface area (Å²) < 4.78 is 5.85. The number of carbonyl (C=O) groups excluding carboxylic acids is 1. The van der Waals surface area contributed by atoms with Crippen molar-refractivity contribution in [3.05, 3.63) is 59.4 Å². The molecule has 4 rings (SSSR count). The lowest BCUT2D eigenvalue weighted by molar-refractivity contribution is -0.139. The Balaban J connectivity index is 1.32. The molecule has 0 N–H and O–H groups in total. The number of ether oxygens (including phenoxy) is 1. The highest BCUT2D eigenvalue weighted by Crippen LogP contribution is 2.29. The zero-order valence-electron chi connectivity index (χ0n) is 14.5. The quantitative estimate of drug-likeness (QED) is 0.860. The standard InChI is InChI=1S/C20H23N3O2/c1-15-5-4-8-21-17(15)14-22-9-11-23(12-10-22)20(24)19-13-16-6-2-3-7-18(16)25-19/h2-8,19H,9-14H2,1H3/t19-/m1/s1. The molecule has 2 aromatic rings. The first kappa shape index (κ1) is 16.1. The first-order chi connectivity index (χ1) is 12.2. The van der Waals surface area contributed by atoms with Gasteiger partial charge in [-0.2, -0.15) is 0 Å². The van der Waals surface area contributed by atoms with Crippen LogP contribution in [0.4, 0.5) is 0 Å². The molecule has 3 heterocycles. The van der Waals surface area contributed by atoms with E-state index in [0.717, 1.165) is 49.7 Å². The minimum atomic E-state index is -0.359. The highest BCUT2D eigenvalue weighted by Gasteiger charge is 2.33. The van der Waals surface area contributed by atoms with Crippen molar-refractivity contribution in [1.29, 1.82) is 0 Å². The molecule has 1 aromatic carbocycles. The first-order valence-electron chi connectivity index (χ1n) is 8.87. The topological polar surface area (TPSA) is 45.7 Å². The molecule has 0 bridgehead atoms. The first-order valence-corrected chi connectivity index (χ1v) is 8.87. The smallest absolute Gasteiger partial charge is 0.264 e. The fourth-order valence-corrected chi connectivity index (χ4v) is 3.55. The summed E-state index contributed by atoms with van der Waals surface area (Å²) in [5.41, 5.74) is 3.47. The Morgan fingerprint density at radius 2 is 1.96 bits per heavy atom. The minimum absolute atomic E-state index is 0.116. The molecular formula is C20H23N3O2. The van der Waals surface area contributed by atoms with E-state index in [4.69, 9.17) is 4.74 Å². The Labute approximate surface area is 148 Å². The molecule has 130 valence electrons. The number of para-hydroxylation sites is 1. The van der Waals surface area contributed by atoms with Crippen LogP contribution in [0.3, 0.4) is 0 Å². The van der Waals surface area contributed by atoms with Gasteiger partial charge in [-0.1, -0.05) is 24.3 Å². The molecule has 2 aliphatic heterocycles. The van der Waals surface area contributed by atoms with Gasteiger partial charge in [0, 0.05) is 45.3 Å². The fraction of sp³-hybridized carbons (Fsp3) is 0.400. The second-order valence-electron chi connectivity index (χ2n) is 6.79.